The van der Waals surface area contributed by atoms with Gasteiger partial charge in [-0.15, -0.1) is 0 Å². The Kier molecular flexibility index (Phi) is 8.77. The molecular weight excluding hydrogens is 556 g/mol. The normalized spacial score (nSPS) is 16.3. The van der Waals surface area contributed by atoms with Crippen LogP contribution in [0.2, 0.25) is 5.02 Å². The number of rotatable bonds is 7. The SMILES string of the molecule is COC(=O)Nc1ccc(/C(Nc2ccc(N(C)C(=O)CN3CCN(C)CC3)cc2)=C2/C(=O)Nc3cc(Cl)ccc32)cc1. The molecule has 0 bridgehead atoms. The highest BCUT2D eigenvalue weighted by molar-refractivity contribution is 6.38. The minimum Gasteiger partial charge on any atom is -0.453 e. The molecule has 2 aliphatic heterocycles. The van der Waals surface area contributed by atoms with Crippen molar-refractivity contribution in [1.29, 1.82) is 0 Å². The van der Waals surface area contributed by atoms with Crippen LogP contribution in [0.5, 0.6) is 0 Å². The fourth-order valence-electron chi connectivity index (χ4n) is 4.92. The Bertz CT molecular complexity index is 1520. The number of nitrogens with zero attached hydrogens (tertiary/aromatic N) is 3. The molecule has 0 radical (unpaired) electrons. The summed E-state index contributed by atoms with van der Waals surface area (Å²) in [4.78, 5) is 43.9. The maximum absolute atomic E-state index is 13.2. The van der Waals surface area contributed by atoms with Crippen LogP contribution in [-0.2, 0) is 14.3 Å². The van der Waals surface area contributed by atoms with Crippen LogP contribution >= 0.6 is 11.6 Å². The van der Waals surface area contributed by atoms with Crippen molar-refractivity contribution in [3.8, 4) is 0 Å². The van der Waals surface area contributed by atoms with Gasteiger partial charge < -0.3 is 25.2 Å². The maximum atomic E-state index is 13.2. The second-order valence-corrected chi connectivity index (χ2v) is 10.7. The quantitative estimate of drug-likeness (QED) is 0.345. The lowest BCUT2D eigenvalue weighted by Crippen LogP contribution is -2.48. The zero-order valence-electron chi connectivity index (χ0n) is 23.7. The first kappa shape index (κ1) is 29.1. The van der Waals surface area contributed by atoms with Gasteiger partial charge in [-0.1, -0.05) is 29.8 Å². The molecule has 2 heterocycles. The fourth-order valence-corrected chi connectivity index (χ4v) is 5.09. The van der Waals surface area contributed by atoms with Gasteiger partial charge in [0.15, 0.2) is 0 Å². The van der Waals surface area contributed by atoms with Gasteiger partial charge in [-0.05, 0) is 61.1 Å². The average Bonchev–Trinajstić information content (AvgIpc) is 3.31. The summed E-state index contributed by atoms with van der Waals surface area (Å²) in [6.07, 6.45) is -0.576. The van der Waals surface area contributed by atoms with Gasteiger partial charge in [0.25, 0.3) is 5.91 Å². The van der Waals surface area contributed by atoms with Gasteiger partial charge in [0.2, 0.25) is 5.91 Å². The first-order valence-electron chi connectivity index (χ1n) is 13.6. The lowest BCUT2D eigenvalue weighted by molar-refractivity contribution is -0.119. The molecule has 2 aliphatic rings. The van der Waals surface area contributed by atoms with Gasteiger partial charge >= 0.3 is 6.09 Å². The zero-order chi connectivity index (χ0) is 29.8. The standard InChI is InChI=1S/C31H33ClN6O4/c1-36-14-16-38(17-15-36)19-27(39)37(2)24-11-9-22(10-12-24)33-29(20-4-7-23(8-5-20)34-31(41)42-3)28-25-13-6-21(32)18-26(25)35-30(28)40/h4-13,18,33H,14-17,19H2,1-3H3,(H,34,41)(H,35,40)/b29-28-. The largest absolute Gasteiger partial charge is 0.453 e. The summed E-state index contributed by atoms with van der Waals surface area (Å²) in [5, 5.41) is 9.46. The Hall–Kier alpha value is -4.38. The smallest absolute Gasteiger partial charge is 0.411 e. The molecule has 0 spiro atoms. The summed E-state index contributed by atoms with van der Waals surface area (Å²) in [5.41, 5.74) is 5.15. The number of carbonyl (C=O) groups excluding carboxylic acids is 3. The third-order valence-electron chi connectivity index (χ3n) is 7.43. The van der Waals surface area contributed by atoms with Crippen molar-refractivity contribution in [3.05, 3.63) is 82.9 Å². The van der Waals surface area contributed by atoms with Crippen molar-refractivity contribution >= 4 is 63.5 Å². The second-order valence-electron chi connectivity index (χ2n) is 10.3. The van der Waals surface area contributed by atoms with Crippen LogP contribution < -0.4 is 20.9 Å². The van der Waals surface area contributed by atoms with Crippen LogP contribution in [-0.4, -0.2) is 81.6 Å². The van der Waals surface area contributed by atoms with E-state index in [1.54, 1.807) is 48.3 Å². The highest BCUT2D eigenvalue weighted by Gasteiger charge is 2.29. The summed E-state index contributed by atoms with van der Waals surface area (Å²) in [7, 11) is 5.17. The third kappa shape index (κ3) is 6.57. The monoisotopic (exact) mass is 588 g/mol. The van der Waals surface area contributed by atoms with Crippen molar-refractivity contribution in [2.75, 3.05) is 74.8 Å². The molecule has 3 N–H and O–H groups in total. The number of ether oxygens (including phenoxy) is 1. The van der Waals surface area contributed by atoms with E-state index in [0.29, 0.717) is 34.2 Å². The summed E-state index contributed by atoms with van der Waals surface area (Å²) >= 11 is 6.18. The average molecular weight is 589 g/mol. The number of hydrogen-bond donors (Lipinski definition) is 3. The number of methoxy groups -OCH3 is 1. The number of anilines is 4. The molecule has 0 aliphatic carbocycles. The number of nitrogens with one attached hydrogen (secondary N) is 3. The van der Waals surface area contributed by atoms with Crippen LogP contribution in [0, 0.1) is 0 Å². The van der Waals surface area contributed by atoms with Crippen LogP contribution in [0.3, 0.4) is 0 Å². The van der Waals surface area contributed by atoms with Crippen LogP contribution in [0.4, 0.5) is 27.5 Å². The molecule has 10 nitrogen and oxygen atoms in total. The summed E-state index contributed by atoms with van der Waals surface area (Å²) in [6.45, 7) is 4.03. The summed E-state index contributed by atoms with van der Waals surface area (Å²) in [6, 6.07) is 19.8. The van der Waals surface area contributed by atoms with Gasteiger partial charge in [0.1, 0.15) is 0 Å². The number of benzene rings is 3. The van der Waals surface area contributed by atoms with Crippen molar-refractivity contribution in [2.45, 2.75) is 0 Å². The Balaban J connectivity index is 1.40. The van der Waals surface area contributed by atoms with E-state index in [1.807, 2.05) is 30.3 Å². The van der Waals surface area contributed by atoms with E-state index in [0.717, 1.165) is 48.7 Å². The van der Waals surface area contributed by atoms with Crippen molar-refractivity contribution < 1.29 is 19.1 Å². The van der Waals surface area contributed by atoms with Crippen molar-refractivity contribution in [1.82, 2.24) is 9.80 Å². The predicted molar refractivity (Wildman–Crippen MR) is 167 cm³/mol. The molecule has 1 saturated heterocycles. The first-order valence-corrected chi connectivity index (χ1v) is 13.9. The van der Waals surface area contributed by atoms with E-state index < -0.39 is 6.09 Å². The Morgan fingerprint density at radius 1 is 0.952 bits per heavy atom. The van der Waals surface area contributed by atoms with Crippen LogP contribution in [0.25, 0.3) is 11.3 Å². The van der Waals surface area contributed by atoms with Gasteiger partial charge in [-0.2, -0.15) is 0 Å². The summed E-state index contributed by atoms with van der Waals surface area (Å²) < 4.78 is 4.67. The lowest BCUT2D eigenvalue weighted by atomic mass is 9.99. The maximum Gasteiger partial charge on any atom is 0.411 e. The molecule has 3 amide bonds. The highest BCUT2D eigenvalue weighted by atomic mass is 35.5. The lowest BCUT2D eigenvalue weighted by Gasteiger charge is -2.32. The van der Waals surface area contributed by atoms with Crippen LogP contribution in [0.15, 0.2) is 66.7 Å². The first-order chi connectivity index (χ1) is 20.2. The molecule has 0 saturated carbocycles. The van der Waals surface area contributed by atoms with Crippen molar-refractivity contribution in [3.63, 3.8) is 0 Å². The van der Waals surface area contributed by atoms with E-state index in [-0.39, 0.29) is 11.8 Å². The van der Waals surface area contributed by atoms with Gasteiger partial charge in [0.05, 0.1) is 30.6 Å². The number of amides is 3. The Morgan fingerprint density at radius 2 is 1.60 bits per heavy atom. The second kappa shape index (κ2) is 12.6. The zero-order valence-corrected chi connectivity index (χ0v) is 24.5. The number of likely N-dealkylation sites (N-methyl/N-ethyl adjacent to an activating group) is 2. The van der Waals surface area contributed by atoms with E-state index in [9.17, 15) is 14.4 Å². The molecule has 5 rings (SSSR count). The van der Waals surface area contributed by atoms with E-state index in [1.165, 1.54) is 7.11 Å². The molecule has 0 aromatic heterocycles. The molecule has 1 fully saturated rings. The summed E-state index contributed by atoms with van der Waals surface area (Å²) in [5.74, 6) is -0.237. The third-order valence-corrected chi connectivity index (χ3v) is 7.67. The van der Waals surface area contributed by atoms with Crippen molar-refractivity contribution in [2.24, 2.45) is 0 Å². The fraction of sp³-hybridized carbons (Fsp3) is 0.258. The van der Waals surface area contributed by atoms with E-state index in [4.69, 9.17) is 11.6 Å². The van der Waals surface area contributed by atoms with Crippen LogP contribution in [0.1, 0.15) is 11.1 Å². The molecular formula is C31H33ClN6O4. The predicted octanol–water partition coefficient (Wildman–Crippen LogP) is 4.66. The Labute approximate surface area is 249 Å². The topological polar surface area (TPSA) is 106 Å². The number of hydrogen-bond acceptors (Lipinski definition) is 7. The molecule has 0 unspecified atom stereocenters. The molecule has 218 valence electrons. The Morgan fingerprint density at radius 3 is 2.26 bits per heavy atom. The molecule has 0 atom stereocenters. The highest BCUT2D eigenvalue weighted by Crippen LogP contribution is 2.39. The molecule has 11 heteroatoms. The number of piperazine rings is 1. The van der Waals surface area contributed by atoms with Gasteiger partial charge in [-0.3, -0.25) is 19.8 Å². The number of fused-ring (bicyclic) bond motifs is 1. The minimum absolute atomic E-state index is 0.0293. The van der Waals surface area contributed by atoms with Gasteiger partial charge in [-0.25, -0.2) is 4.79 Å². The molecule has 3 aromatic rings. The van der Waals surface area contributed by atoms with E-state index >= 15 is 0 Å². The molecule has 42 heavy (non-hydrogen) atoms. The molecule has 3 aromatic carbocycles. The van der Waals surface area contributed by atoms with E-state index in [2.05, 4.69) is 37.5 Å². The number of carbonyl (C=O) groups is 3. The number of halogens is 1. The minimum atomic E-state index is -0.576. The van der Waals surface area contributed by atoms with Gasteiger partial charge in [0, 0.05) is 60.9 Å².